The fraction of sp³-hybridized carbons (Fsp3) is 0.647. The number of hydrogen-bond donors (Lipinski definition) is 3. The van der Waals surface area contributed by atoms with E-state index in [0.29, 0.717) is 52.4 Å². The highest BCUT2D eigenvalue weighted by atomic mass is 16.6. The highest BCUT2D eigenvalue weighted by Gasteiger charge is 2.20. The number of carbonyl (C=O) groups is 3. The molecule has 0 saturated carbocycles. The highest BCUT2D eigenvalue weighted by Crippen LogP contribution is 2.06. The number of rotatable bonds is 10. The topological polar surface area (TPSA) is 174 Å². The molecule has 2 heterocycles. The maximum absolute atomic E-state index is 12.1. The molecule has 1 fully saturated rings. The zero-order chi connectivity index (χ0) is 22.8. The molecule has 14 nitrogen and oxygen atoms in total. The maximum Gasteiger partial charge on any atom is 0.435 e. The van der Waals surface area contributed by atoms with E-state index in [4.69, 9.17) is 10.2 Å². The summed E-state index contributed by atoms with van der Waals surface area (Å²) in [6, 6.07) is 0. The molecule has 1 aliphatic rings. The van der Waals surface area contributed by atoms with Gasteiger partial charge in [0.2, 0.25) is 0 Å². The van der Waals surface area contributed by atoms with Crippen LogP contribution < -0.4 is 5.32 Å². The summed E-state index contributed by atoms with van der Waals surface area (Å²) in [4.78, 5) is 53.6. The average Bonchev–Trinajstić information content (AvgIpc) is 3.16. The lowest BCUT2D eigenvalue weighted by molar-refractivity contribution is -0.396. The van der Waals surface area contributed by atoms with Crippen molar-refractivity contribution in [3.63, 3.8) is 0 Å². The quantitative estimate of drug-likeness (QED) is 0.270. The number of amides is 1. The summed E-state index contributed by atoms with van der Waals surface area (Å²) in [5.74, 6) is -2.70. The van der Waals surface area contributed by atoms with Gasteiger partial charge in [-0.05, 0) is 4.92 Å². The summed E-state index contributed by atoms with van der Waals surface area (Å²) in [5.41, 5.74) is 0. The number of nitro groups is 1. The number of hydrogen-bond acceptors (Lipinski definition) is 9. The SMILES string of the molecule is O=C(O)CN1CCN(CCNC(=O)Cn2ccnc2[N+](=O)[O-])CCN(CC(=O)O)CC1. The Morgan fingerprint density at radius 2 is 1.48 bits per heavy atom. The summed E-state index contributed by atoms with van der Waals surface area (Å²) in [6.45, 7) is 3.32. The second-order valence-corrected chi connectivity index (χ2v) is 7.14. The monoisotopic (exact) mass is 441 g/mol. The van der Waals surface area contributed by atoms with E-state index in [1.807, 2.05) is 4.90 Å². The molecule has 1 aromatic heterocycles. The molecule has 14 heteroatoms. The molecule has 0 spiro atoms. The molecule has 1 saturated heterocycles. The summed E-state index contributed by atoms with van der Waals surface area (Å²) >= 11 is 0. The molecule has 0 bridgehead atoms. The van der Waals surface area contributed by atoms with Crippen molar-refractivity contribution < 1.29 is 29.5 Å². The van der Waals surface area contributed by atoms with Crippen molar-refractivity contribution in [3.05, 3.63) is 22.5 Å². The number of carboxylic acids is 2. The Balaban J connectivity index is 1.86. The zero-order valence-electron chi connectivity index (χ0n) is 17.1. The van der Waals surface area contributed by atoms with Crippen molar-refractivity contribution in [2.75, 3.05) is 65.4 Å². The fourth-order valence-corrected chi connectivity index (χ4v) is 3.27. The van der Waals surface area contributed by atoms with E-state index in [1.54, 1.807) is 9.80 Å². The van der Waals surface area contributed by atoms with E-state index < -0.39 is 28.7 Å². The Morgan fingerprint density at radius 1 is 0.968 bits per heavy atom. The molecular weight excluding hydrogens is 414 g/mol. The third kappa shape index (κ3) is 8.65. The lowest BCUT2D eigenvalue weighted by atomic mass is 10.4. The van der Waals surface area contributed by atoms with Crippen molar-refractivity contribution in [1.82, 2.24) is 29.6 Å². The van der Waals surface area contributed by atoms with Gasteiger partial charge < -0.3 is 25.6 Å². The summed E-state index contributed by atoms with van der Waals surface area (Å²) in [7, 11) is 0. The Labute approximate surface area is 178 Å². The van der Waals surface area contributed by atoms with Gasteiger partial charge in [0.05, 0.1) is 13.1 Å². The number of aliphatic carboxylic acids is 2. The number of aromatic nitrogens is 2. The lowest BCUT2D eigenvalue weighted by Crippen LogP contribution is -2.42. The minimum absolute atomic E-state index is 0.130. The lowest BCUT2D eigenvalue weighted by Gasteiger charge is -2.25. The second-order valence-electron chi connectivity index (χ2n) is 7.14. The molecule has 1 amide bonds. The Morgan fingerprint density at radius 3 is 1.97 bits per heavy atom. The summed E-state index contributed by atoms with van der Waals surface area (Å²) in [6.07, 6.45) is 2.61. The molecule has 0 atom stereocenters. The Bertz CT molecular complexity index is 757. The van der Waals surface area contributed by atoms with Gasteiger partial charge in [0, 0.05) is 52.4 Å². The van der Waals surface area contributed by atoms with Gasteiger partial charge in [0.15, 0.2) is 6.54 Å². The number of nitrogens with one attached hydrogen (secondary N) is 1. The van der Waals surface area contributed by atoms with Gasteiger partial charge in [-0.25, -0.2) is 4.57 Å². The molecule has 0 aliphatic carbocycles. The van der Waals surface area contributed by atoms with Crippen LogP contribution in [0.15, 0.2) is 12.4 Å². The van der Waals surface area contributed by atoms with Crippen molar-refractivity contribution in [1.29, 1.82) is 0 Å². The fourth-order valence-electron chi connectivity index (χ4n) is 3.27. The van der Waals surface area contributed by atoms with Crippen LogP contribution in [-0.4, -0.2) is 123 Å². The van der Waals surface area contributed by atoms with Crippen LogP contribution in [0.25, 0.3) is 0 Å². The van der Waals surface area contributed by atoms with Crippen LogP contribution in [-0.2, 0) is 20.9 Å². The molecule has 0 radical (unpaired) electrons. The number of carbonyl (C=O) groups excluding carboxylic acids is 1. The standard InChI is InChI=1S/C17H27N7O7/c25-14(11-23-4-2-19-17(23)24(30)31)18-1-3-20-5-7-21(12-15(26)27)9-10-22(8-6-20)13-16(28)29/h2,4H,1,3,5-13H2,(H,18,25)(H,26,27)(H,28,29). The van der Waals surface area contributed by atoms with Crippen molar-refractivity contribution in [3.8, 4) is 0 Å². The molecule has 0 unspecified atom stereocenters. The third-order valence-corrected chi connectivity index (χ3v) is 4.84. The number of carboxylic acid groups (broad SMARTS) is 2. The highest BCUT2D eigenvalue weighted by molar-refractivity contribution is 5.75. The average molecular weight is 441 g/mol. The van der Waals surface area contributed by atoms with Gasteiger partial charge in [-0.2, -0.15) is 0 Å². The molecule has 0 aromatic carbocycles. The van der Waals surface area contributed by atoms with Crippen molar-refractivity contribution >= 4 is 23.8 Å². The second kappa shape index (κ2) is 11.9. The van der Waals surface area contributed by atoms with Gasteiger partial charge >= 0.3 is 17.9 Å². The van der Waals surface area contributed by atoms with E-state index in [9.17, 15) is 24.5 Å². The molecular formula is C17H27N7O7. The Hall–Kier alpha value is -3.10. The maximum atomic E-state index is 12.1. The predicted molar refractivity (Wildman–Crippen MR) is 106 cm³/mol. The minimum Gasteiger partial charge on any atom is -0.480 e. The van der Waals surface area contributed by atoms with Crippen molar-refractivity contribution in [2.45, 2.75) is 6.54 Å². The van der Waals surface area contributed by atoms with Gasteiger partial charge in [-0.1, -0.05) is 4.98 Å². The van der Waals surface area contributed by atoms with E-state index in [-0.39, 0.29) is 19.6 Å². The molecule has 1 aromatic rings. The first-order chi connectivity index (χ1) is 14.7. The zero-order valence-corrected chi connectivity index (χ0v) is 17.1. The van der Waals surface area contributed by atoms with Crippen molar-refractivity contribution in [2.24, 2.45) is 0 Å². The van der Waals surface area contributed by atoms with Crippen LogP contribution in [0, 0.1) is 10.1 Å². The minimum atomic E-state index is -0.948. The molecule has 2 rings (SSSR count). The number of nitrogens with zero attached hydrogens (tertiary/aromatic N) is 6. The van der Waals surface area contributed by atoms with Gasteiger partial charge in [-0.3, -0.25) is 29.1 Å². The Kier molecular flexibility index (Phi) is 9.30. The normalized spacial score (nSPS) is 16.8. The smallest absolute Gasteiger partial charge is 0.435 e. The van der Waals surface area contributed by atoms with Crippen LogP contribution >= 0.6 is 0 Å². The largest absolute Gasteiger partial charge is 0.480 e. The molecule has 31 heavy (non-hydrogen) atoms. The molecule has 1 aliphatic heterocycles. The van der Waals surface area contributed by atoms with E-state index >= 15 is 0 Å². The van der Waals surface area contributed by atoms with E-state index in [0.717, 1.165) is 4.57 Å². The van der Waals surface area contributed by atoms with Gasteiger partial charge in [-0.15, -0.1) is 0 Å². The van der Waals surface area contributed by atoms with Crippen LogP contribution in [0.3, 0.4) is 0 Å². The van der Waals surface area contributed by atoms with E-state index in [2.05, 4.69) is 10.3 Å². The summed E-state index contributed by atoms with van der Waals surface area (Å²) in [5, 5.41) is 31.7. The summed E-state index contributed by atoms with van der Waals surface area (Å²) < 4.78 is 1.14. The first-order valence-electron chi connectivity index (χ1n) is 9.77. The predicted octanol–water partition coefficient (Wildman–Crippen LogP) is -2.00. The molecule has 3 N–H and O–H groups in total. The van der Waals surface area contributed by atoms with E-state index in [1.165, 1.54) is 12.4 Å². The number of imidazole rings is 1. The van der Waals surface area contributed by atoms with Gasteiger partial charge in [0.1, 0.15) is 12.4 Å². The van der Waals surface area contributed by atoms with Crippen LogP contribution in [0.2, 0.25) is 0 Å². The first kappa shape index (κ1) is 24.2. The third-order valence-electron chi connectivity index (χ3n) is 4.84. The molecule has 172 valence electrons. The van der Waals surface area contributed by atoms with Crippen LogP contribution in [0.5, 0.6) is 0 Å². The van der Waals surface area contributed by atoms with Crippen LogP contribution in [0.4, 0.5) is 5.95 Å². The van der Waals surface area contributed by atoms with Crippen LogP contribution in [0.1, 0.15) is 0 Å². The first-order valence-corrected chi connectivity index (χ1v) is 9.77. The van der Waals surface area contributed by atoms with Gasteiger partial charge in [0.25, 0.3) is 5.91 Å².